The van der Waals surface area contributed by atoms with Crippen molar-refractivity contribution in [2.45, 2.75) is 30.3 Å². The molecule has 0 bridgehead atoms. The van der Waals surface area contributed by atoms with Crippen molar-refractivity contribution in [2.75, 3.05) is 51.8 Å². The van der Waals surface area contributed by atoms with E-state index in [1.807, 2.05) is 18.2 Å². The summed E-state index contributed by atoms with van der Waals surface area (Å²) < 4.78 is 43.3. The number of aryl methyl sites for hydroxylation is 2. The van der Waals surface area contributed by atoms with Crippen LogP contribution in [-0.2, 0) is 24.1 Å². The molecule has 49 heavy (non-hydrogen) atoms. The number of anilines is 1. The number of carbonyl (C=O) groups is 2. The van der Waals surface area contributed by atoms with Crippen molar-refractivity contribution in [3.05, 3.63) is 101 Å². The van der Waals surface area contributed by atoms with Gasteiger partial charge in [-0.05, 0) is 48.7 Å². The monoisotopic (exact) mass is 687 g/mol. The SMILES string of the molecule is COc1ccc([C@@H](CCNS(=O)(=O)c2cn(C)[n+](C)c2)N2C(=O)c3cccc(N4CCN([C@H](C)c5ccccc5)CC4)c3C2=O)cc1OC. The molecule has 0 saturated carbocycles. The minimum absolute atomic E-state index is 0.0260. The van der Waals surface area contributed by atoms with E-state index in [1.165, 1.54) is 37.1 Å². The predicted octanol–water partition coefficient (Wildman–Crippen LogP) is 3.46. The summed E-state index contributed by atoms with van der Waals surface area (Å²) in [5.74, 6) is 0.0969. The first-order valence-electron chi connectivity index (χ1n) is 16.3. The molecule has 1 saturated heterocycles. The number of methoxy groups -OCH3 is 2. The van der Waals surface area contributed by atoms with Crippen LogP contribution in [0.25, 0.3) is 0 Å². The minimum atomic E-state index is -3.85. The molecule has 1 N–H and O–H groups in total. The maximum atomic E-state index is 14.4. The summed E-state index contributed by atoms with van der Waals surface area (Å²) in [5.41, 5.74) is 3.32. The lowest BCUT2D eigenvalue weighted by molar-refractivity contribution is -0.751. The van der Waals surface area contributed by atoms with E-state index in [1.54, 1.807) is 47.7 Å². The zero-order valence-electron chi connectivity index (χ0n) is 28.5. The van der Waals surface area contributed by atoms with Crippen molar-refractivity contribution in [3.8, 4) is 11.5 Å². The number of carbonyl (C=O) groups excluding carboxylic acids is 2. The molecule has 3 heterocycles. The van der Waals surface area contributed by atoms with E-state index in [2.05, 4.69) is 45.7 Å². The second-order valence-corrected chi connectivity index (χ2v) is 14.2. The Labute approximate surface area is 287 Å². The van der Waals surface area contributed by atoms with Crippen molar-refractivity contribution in [1.29, 1.82) is 0 Å². The van der Waals surface area contributed by atoms with E-state index in [0.29, 0.717) is 41.3 Å². The van der Waals surface area contributed by atoms with Gasteiger partial charge in [0.2, 0.25) is 16.2 Å². The van der Waals surface area contributed by atoms with Crippen molar-refractivity contribution >= 4 is 27.5 Å². The van der Waals surface area contributed by atoms with Crippen molar-refractivity contribution in [2.24, 2.45) is 14.1 Å². The summed E-state index contributed by atoms with van der Waals surface area (Å²) in [5, 5.41) is 0. The van der Waals surface area contributed by atoms with Crippen LogP contribution in [0.1, 0.15) is 57.3 Å². The van der Waals surface area contributed by atoms with Crippen LogP contribution in [0.15, 0.2) is 84.0 Å². The first-order chi connectivity index (χ1) is 23.5. The second kappa shape index (κ2) is 14.0. The molecule has 2 amide bonds. The van der Waals surface area contributed by atoms with Gasteiger partial charge < -0.3 is 14.4 Å². The molecule has 0 unspecified atom stereocenters. The minimum Gasteiger partial charge on any atom is -0.493 e. The molecule has 2 atom stereocenters. The number of hydrogen-bond donors (Lipinski definition) is 1. The molecule has 2 aliphatic rings. The number of piperazine rings is 1. The Balaban J connectivity index is 1.26. The smallest absolute Gasteiger partial charge is 0.264 e. The number of fused-ring (bicyclic) bond motifs is 1. The molecule has 258 valence electrons. The molecule has 0 aliphatic carbocycles. The van der Waals surface area contributed by atoms with E-state index in [-0.39, 0.29) is 23.9 Å². The Morgan fingerprint density at radius 1 is 0.878 bits per heavy atom. The fraction of sp³-hybridized carbons (Fsp3) is 0.361. The molecular weight excluding hydrogens is 644 g/mol. The molecule has 4 aromatic rings. The Morgan fingerprint density at radius 3 is 2.24 bits per heavy atom. The molecule has 3 aromatic carbocycles. The number of ether oxygens (including phenoxy) is 2. The number of amides is 2. The van der Waals surface area contributed by atoms with Crippen LogP contribution in [0.3, 0.4) is 0 Å². The Hall–Kier alpha value is -4.72. The number of imide groups is 1. The van der Waals surface area contributed by atoms with Gasteiger partial charge in [-0.25, -0.2) is 13.1 Å². The average Bonchev–Trinajstić information content (AvgIpc) is 3.60. The predicted molar refractivity (Wildman–Crippen MR) is 184 cm³/mol. The fourth-order valence-electron chi connectivity index (χ4n) is 6.77. The van der Waals surface area contributed by atoms with E-state index >= 15 is 0 Å². The van der Waals surface area contributed by atoms with Crippen LogP contribution >= 0.6 is 0 Å². The van der Waals surface area contributed by atoms with Gasteiger partial charge in [0.25, 0.3) is 11.8 Å². The maximum Gasteiger partial charge on any atom is 0.264 e. The third kappa shape index (κ3) is 6.65. The Morgan fingerprint density at radius 2 is 1.59 bits per heavy atom. The summed E-state index contributed by atoms with van der Waals surface area (Å²) in [4.78, 5) is 34.5. The van der Waals surface area contributed by atoms with Gasteiger partial charge in [-0.3, -0.25) is 19.4 Å². The summed E-state index contributed by atoms with van der Waals surface area (Å²) in [6.45, 7) is 5.20. The Kier molecular flexibility index (Phi) is 9.77. The van der Waals surface area contributed by atoms with Crippen LogP contribution in [-0.4, -0.2) is 81.7 Å². The topological polar surface area (TPSA) is 117 Å². The van der Waals surface area contributed by atoms with E-state index < -0.39 is 27.9 Å². The van der Waals surface area contributed by atoms with Crippen LogP contribution < -0.4 is 23.8 Å². The molecular formula is C36H43N6O6S+. The molecule has 0 spiro atoms. The summed E-state index contributed by atoms with van der Waals surface area (Å²) in [7, 11) is 2.68. The van der Waals surface area contributed by atoms with Crippen molar-refractivity contribution in [3.63, 3.8) is 0 Å². The lowest BCUT2D eigenvalue weighted by Gasteiger charge is -2.39. The van der Waals surface area contributed by atoms with E-state index in [9.17, 15) is 18.0 Å². The number of aromatic nitrogens is 2. The number of nitrogens with one attached hydrogen (secondary N) is 1. The van der Waals surface area contributed by atoms with Gasteiger partial charge in [-0.1, -0.05) is 42.5 Å². The van der Waals surface area contributed by atoms with Gasteiger partial charge in [0.1, 0.15) is 0 Å². The second-order valence-electron chi connectivity index (χ2n) is 12.4. The molecule has 1 aromatic heterocycles. The molecule has 1 fully saturated rings. The fourth-order valence-corrected chi connectivity index (χ4v) is 7.90. The van der Waals surface area contributed by atoms with Crippen LogP contribution in [0, 0.1) is 0 Å². The zero-order valence-corrected chi connectivity index (χ0v) is 29.3. The number of hydrogen-bond acceptors (Lipinski definition) is 8. The lowest BCUT2D eigenvalue weighted by Crippen LogP contribution is -2.47. The summed E-state index contributed by atoms with van der Waals surface area (Å²) in [6, 6.07) is 20.5. The highest BCUT2D eigenvalue weighted by Gasteiger charge is 2.43. The normalized spacial score (nSPS) is 16.5. The summed E-state index contributed by atoms with van der Waals surface area (Å²) >= 11 is 0. The Bertz CT molecular complexity index is 1940. The van der Waals surface area contributed by atoms with E-state index in [4.69, 9.17) is 9.47 Å². The van der Waals surface area contributed by atoms with Gasteiger partial charge in [0, 0.05) is 38.8 Å². The van der Waals surface area contributed by atoms with Crippen LogP contribution in [0.4, 0.5) is 5.69 Å². The summed E-state index contributed by atoms with van der Waals surface area (Å²) in [6.07, 6.45) is 3.16. The van der Waals surface area contributed by atoms with Gasteiger partial charge in [-0.2, -0.15) is 4.68 Å². The molecule has 0 radical (unpaired) electrons. The van der Waals surface area contributed by atoms with Crippen LogP contribution in [0.5, 0.6) is 11.5 Å². The van der Waals surface area contributed by atoms with Gasteiger partial charge in [0.05, 0.1) is 50.3 Å². The number of benzene rings is 3. The van der Waals surface area contributed by atoms with E-state index in [0.717, 1.165) is 18.8 Å². The molecule has 12 nitrogen and oxygen atoms in total. The number of nitrogens with zero attached hydrogens (tertiary/aromatic N) is 5. The van der Waals surface area contributed by atoms with Crippen molar-refractivity contribution in [1.82, 2.24) is 19.2 Å². The van der Waals surface area contributed by atoms with Gasteiger partial charge >= 0.3 is 0 Å². The quantitative estimate of drug-likeness (QED) is 0.178. The third-order valence-corrected chi connectivity index (χ3v) is 11.1. The highest BCUT2D eigenvalue weighted by Crippen LogP contribution is 2.40. The molecule has 2 aliphatic heterocycles. The first-order valence-corrected chi connectivity index (χ1v) is 17.8. The van der Waals surface area contributed by atoms with Gasteiger partial charge in [0.15, 0.2) is 23.4 Å². The van der Waals surface area contributed by atoms with Crippen molar-refractivity contribution < 1.29 is 32.2 Å². The van der Waals surface area contributed by atoms with Crippen LogP contribution in [0.2, 0.25) is 0 Å². The average molecular weight is 688 g/mol. The molecule has 6 rings (SSSR count). The maximum absolute atomic E-state index is 14.4. The number of sulfonamides is 1. The largest absolute Gasteiger partial charge is 0.493 e. The molecule has 13 heteroatoms. The third-order valence-electron chi connectivity index (χ3n) is 9.66. The van der Waals surface area contributed by atoms with Gasteiger partial charge in [-0.15, -0.1) is 4.68 Å². The highest BCUT2D eigenvalue weighted by molar-refractivity contribution is 7.89. The standard InChI is InChI=1S/C36H43N6O6S/c1-25(26-10-7-6-8-11-26)40-18-20-41(21-19-40)31-13-9-12-29-34(31)36(44)42(35(29)43)30(27-14-15-32(47-4)33(22-27)48-5)16-17-37-49(45,46)28-23-38(2)39(3)24-28/h6-15,22-25,30,37H,16-21H2,1-5H3/q+1/t25-,30-/m1/s1. The lowest BCUT2D eigenvalue weighted by atomic mass is 10.0. The highest BCUT2D eigenvalue weighted by atomic mass is 32.2. The zero-order chi connectivity index (χ0) is 34.9. The first kappa shape index (κ1) is 34.2. The number of rotatable bonds is 12.